The maximum absolute atomic E-state index is 12.4. The van der Waals surface area contributed by atoms with Gasteiger partial charge in [0.1, 0.15) is 25.0 Å². The maximum atomic E-state index is 12.4. The van der Waals surface area contributed by atoms with Crippen LogP contribution in [0.4, 0.5) is 0 Å². The van der Waals surface area contributed by atoms with Gasteiger partial charge < -0.3 is 14.8 Å². The Bertz CT molecular complexity index is 786. The van der Waals surface area contributed by atoms with E-state index >= 15 is 0 Å². The summed E-state index contributed by atoms with van der Waals surface area (Å²) in [5.74, 6) is 0.413. The van der Waals surface area contributed by atoms with Gasteiger partial charge in [0.25, 0.3) is 5.91 Å². The van der Waals surface area contributed by atoms with E-state index in [0.717, 1.165) is 0 Å². The molecule has 0 aliphatic heterocycles. The van der Waals surface area contributed by atoms with Crippen LogP contribution in [-0.2, 0) is 9.53 Å². The van der Waals surface area contributed by atoms with Gasteiger partial charge in [-0.2, -0.15) is 11.8 Å². The summed E-state index contributed by atoms with van der Waals surface area (Å²) in [6.07, 6.45) is 2.38. The predicted octanol–water partition coefficient (Wildman–Crippen LogP) is 4.47. The molecule has 0 heterocycles. The highest BCUT2D eigenvalue weighted by Gasteiger charge is 2.23. The first-order chi connectivity index (χ1) is 13.5. The van der Waals surface area contributed by atoms with Gasteiger partial charge >= 0.3 is 5.97 Å². The molecule has 150 valence electrons. The molecule has 0 fully saturated rings. The van der Waals surface area contributed by atoms with Crippen molar-refractivity contribution in [2.45, 2.75) is 12.5 Å². The quantitative estimate of drug-likeness (QED) is 0.435. The van der Waals surface area contributed by atoms with Crippen molar-refractivity contribution in [3.05, 3.63) is 64.1 Å². The van der Waals surface area contributed by atoms with Gasteiger partial charge in [-0.25, -0.2) is 4.79 Å². The summed E-state index contributed by atoms with van der Waals surface area (Å²) in [7, 11) is 0. The normalized spacial score (nSPS) is 11.5. The van der Waals surface area contributed by atoms with Crippen LogP contribution in [0.2, 0.25) is 10.0 Å². The van der Waals surface area contributed by atoms with Crippen molar-refractivity contribution in [1.82, 2.24) is 5.32 Å². The van der Waals surface area contributed by atoms with Crippen LogP contribution in [-0.4, -0.2) is 43.1 Å². The Morgan fingerprint density at radius 3 is 2.46 bits per heavy atom. The van der Waals surface area contributed by atoms with Gasteiger partial charge in [-0.3, -0.25) is 4.79 Å². The van der Waals surface area contributed by atoms with Crippen molar-refractivity contribution < 1.29 is 19.1 Å². The van der Waals surface area contributed by atoms with Crippen molar-refractivity contribution in [3.63, 3.8) is 0 Å². The van der Waals surface area contributed by atoms with Crippen LogP contribution < -0.4 is 10.1 Å². The highest BCUT2D eigenvalue weighted by molar-refractivity contribution is 7.98. The predicted molar refractivity (Wildman–Crippen MR) is 114 cm³/mol. The number of ether oxygens (including phenoxy) is 2. The number of esters is 1. The molecule has 2 rings (SSSR count). The number of hydrogen-bond donors (Lipinski definition) is 1. The summed E-state index contributed by atoms with van der Waals surface area (Å²) >= 11 is 13.4. The fourth-order valence-electron chi connectivity index (χ4n) is 2.30. The SMILES string of the molecule is CSCCC(NC(=O)c1ccccc1Cl)C(=O)OCCOc1ccc(Cl)cc1. The smallest absolute Gasteiger partial charge is 0.328 e. The van der Waals surface area contributed by atoms with Crippen LogP contribution in [0.25, 0.3) is 0 Å². The Hall–Kier alpha value is -1.89. The first kappa shape index (κ1) is 22.4. The van der Waals surface area contributed by atoms with Crippen molar-refractivity contribution in [2.24, 2.45) is 0 Å². The highest BCUT2D eigenvalue weighted by atomic mass is 35.5. The third-order valence-corrected chi connectivity index (χ3v) is 4.95. The van der Waals surface area contributed by atoms with Gasteiger partial charge in [-0.15, -0.1) is 0 Å². The Balaban J connectivity index is 1.86. The maximum Gasteiger partial charge on any atom is 0.328 e. The van der Waals surface area contributed by atoms with E-state index in [2.05, 4.69) is 5.32 Å². The molecule has 1 N–H and O–H groups in total. The minimum absolute atomic E-state index is 0.0686. The van der Waals surface area contributed by atoms with Crippen LogP contribution in [0.1, 0.15) is 16.8 Å². The number of halogens is 2. The van der Waals surface area contributed by atoms with Crippen LogP contribution in [0, 0.1) is 0 Å². The molecule has 0 saturated heterocycles. The van der Waals surface area contributed by atoms with Gasteiger partial charge in [0.15, 0.2) is 0 Å². The zero-order valence-corrected chi connectivity index (χ0v) is 17.7. The molecule has 0 spiro atoms. The van der Waals surface area contributed by atoms with E-state index in [1.165, 1.54) is 0 Å². The summed E-state index contributed by atoms with van der Waals surface area (Å²) < 4.78 is 10.8. The van der Waals surface area contributed by atoms with Gasteiger partial charge in [0, 0.05) is 5.02 Å². The molecule has 0 bridgehead atoms. The summed E-state index contributed by atoms with van der Waals surface area (Å²) in [4.78, 5) is 24.8. The van der Waals surface area contributed by atoms with Crippen LogP contribution in [0.15, 0.2) is 48.5 Å². The van der Waals surface area contributed by atoms with Crippen molar-refractivity contribution in [1.29, 1.82) is 0 Å². The van der Waals surface area contributed by atoms with Crippen LogP contribution in [0.5, 0.6) is 5.75 Å². The van der Waals surface area contributed by atoms with Gasteiger partial charge in [-0.05, 0) is 54.8 Å². The molecule has 0 radical (unpaired) electrons. The third kappa shape index (κ3) is 7.26. The summed E-state index contributed by atoms with van der Waals surface area (Å²) in [5.41, 5.74) is 0.317. The first-order valence-electron chi connectivity index (χ1n) is 8.60. The number of carbonyl (C=O) groups excluding carboxylic acids is 2. The molecule has 1 atom stereocenters. The fraction of sp³-hybridized carbons (Fsp3) is 0.300. The lowest BCUT2D eigenvalue weighted by atomic mass is 10.1. The number of benzene rings is 2. The lowest BCUT2D eigenvalue weighted by molar-refractivity contribution is -0.146. The second kappa shape index (κ2) is 11.8. The minimum atomic E-state index is -0.758. The Morgan fingerprint density at radius 2 is 1.79 bits per heavy atom. The zero-order valence-electron chi connectivity index (χ0n) is 15.3. The number of thioether (sulfide) groups is 1. The topological polar surface area (TPSA) is 64.6 Å². The average Bonchev–Trinajstić information content (AvgIpc) is 2.69. The lowest BCUT2D eigenvalue weighted by Gasteiger charge is -2.18. The minimum Gasteiger partial charge on any atom is -0.490 e. The molecule has 1 amide bonds. The molecule has 0 aromatic heterocycles. The van der Waals surface area contributed by atoms with Crippen LogP contribution in [0.3, 0.4) is 0 Å². The summed E-state index contributed by atoms with van der Waals surface area (Å²) in [6, 6.07) is 12.8. The standard InChI is InChI=1S/C20H21Cl2NO4S/c1-28-13-10-18(23-19(24)16-4-2-3-5-17(16)22)20(25)27-12-11-26-15-8-6-14(21)7-9-15/h2-9,18H,10-13H2,1H3,(H,23,24). The first-order valence-corrected chi connectivity index (χ1v) is 10.8. The Labute approximate surface area is 178 Å². The van der Waals surface area contributed by atoms with E-state index in [9.17, 15) is 9.59 Å². The number of carbonyl (C=O) groups is 2. The monoisotopic (exact) mass is 441 g/mol. The number of hydrogen-bond acceptors (Lipinski definition) is 5. The molecule has 0 aliphatic carbocycles. The third-order valence-electron chi connectivity index (χ3n) is 3.73. The molecule has 2 aromatic rings. The molecule has 1 unspecified atom stereocenters. The van der Waals surface area contributed by atoms with Gasteiger partial charge in [0.2, 0.25) is 0 Å². The number of amides is 1. The van der Waals surface area contributed by atoms with E-state index in [-0.39, 0.29) is 13.2 Å². The molecular weight excluding hydrogens is 421 g/mol. The highest BCUT2D eigenvalue weighted by Crippen LogP contribution is 2.16. The van der Waals surface area contributed by atoms with Crippen LogP contribution >= 0.6 is 35.0 Å². The average molecular weight is 442 g/mol. The van der Waals surface area contributed by atoms with E-state index < -0.39 is 17.9 Å². The largest absolute Gasteiger partial charge is 0.490 e. The van der Waals surface area contributed by atoms with Crippen molar-refractivity contribution in [2.75, 3.05) is 25.2 Å². The second-order valence-corrected chi connectivity index (χ2v) is 7.59. The summed E-state index contributed by atoms with van der Waals surface area (Å²) in [5, 5.41) is 3.65. The van der Waals surface area contributed by atoms with Gasteiger partial charge in [0.05, 0.1) is 10.6 Å². The van der Waals surface area contributed by atoms with E-state index in [1.807, 2.05) is 6.26 Å². The number of nitrogens with one attached hydrogen (secondary N) is 1. The Morgan fingerprint density at radius 1 is 1.07 bits per heavy atom. The zero-order chi connectivity index (χ0) is 20.4. The molecule has 2 aromatic carbocycles. The molecular formula is C20H21Cl2NO4S. The summed E-state index contributed by atoms with van der Waals surface area (Å²) in [6.45, 7) is 0.264. The Kier molecular flexibility index (Phi) is 9.47. The second-order valence-electron chi connectivity index (χ2n) is 5.76. The molecule has 0 saturated carbocycles. The number of rotatable bonds is 10. The van der Waals surface area contributed by atoms with E-state index in [0.29, 0.717) is 33.5 Å². The van der Waals surface area contributed by atoms with E-state index in [1.54, 1.807) is 60.3 Å². The molecule has 5 nitrogen and oxygen atoms in total. The molecule has 28 heavy (non-hydrogen) atoms. The lowest BCUT2D eigenvalue weighted by Crippen LogP contribution is -2.42. The van der Waals surface area contributed by atoms with Crippen molar-refractivity contribution in [3.8, 4) is 5.75 Å². The van der Waals surface area contributed by atoms with Gasteiger partial charge in [-0.1, -0.05) is 35.3 Å². The molecule has 8 heteroatoms. The van der Waals surface area contributed by atoms with E-state index in [4.69, 9.17) is 32.7 Å². The fourth-order valence-corrected chi connectivity index (χ4v) is 3.12. The van der Waals surface area contributed by atoms with Crippen molar-refractivity contribution >= 4 is 46.8 Å². The molecule has 0 aliphatic rings.